The molecule has 2 aromatic rings. The molecule has 2 rings (SSSR count). The van der Waals surface area contributed by atoms with Gasteiger partial charge in [0.15, 0.2) is 0 Å². The van der Waals surface area contributed by atoms with Crippen molar-refractivity contribution in [3.63, 3.8) is 0 Å². The number of hydrogen-bond acceptors (Lipinski definition) is 4. The molecular formula is C11H12ClN5O. The highest BCUT2D eigenvalue weighted by Crippen LogP contribution is 2.16. The number of rotatable bonds is 5. The number of nitrogens with one attached hydrogen (secondary N) is 2. The van der Waals surface area contributed by atoms with Gasteiger partial charge in [-0.2, -0.15) is 10.2 Å². The number of aromatic amines is 1. The Hall–Kier alpha value is -2.08. The average Bonchev–Trinajstić information content (AvgIpc) is 2.87. The minimum absolute atomic E-state index is 0.121. The molecule has 0 saturated heterocycles. The molecule has 0 saturated carbocycles. The number of aromatic nitrogens is 4. The molecule has 0 spiro atoms. The summed E-state index contributed by atoms with van der Waals surface area (Å²) in [6, 6.07) is 0. The van der Waals surface area contributed by atoms with Gasteiger partial charge in [0.25, 0.3) is 5.56 Å². The van der Waals surface area contributed by atoms with Gasteiger partial charge in [0.05, 0.1) is 24.6 Å². The fraction of sp³-hybridized carbons (Fsp3) is 0.182. The van der Waals surface area contributed by atoms with Crippen molar-refractivity contribution in [3.05, 3.63) is 52.2 Å². The van der Waals surface area contributed by atoms with Gasteiger partial charge in [-0.3, -0.25) is 9.89 Å². The molecule has 0 aliphatic carbocycles. The molecule has 6 nitrogen and oxygen atoms in total. The largest absolute Gasteiger partial charge is 0.378 e. The summed E-state index contributed by atoms with van der Waals surface area (Å²) in [6.07, 6.45) is 6.55. The molecule has 0 amide bonds. The average molecular weight is 266 g/mol. The number of anilines is 1. The van der Waals surface area contributed by atoms with Crippen molar-refractivity contribution in [2.75, 3.05) is 5.32 Å². The van der Waals surface area contributed by atoms with Gasteiger partial charge >= 0.3 is 0 Å². The summed E-state index contributed by atoms with van der Waals surface area (Å²) >= 11 is 5.98. The molecule has 0 radical (unpaired) electrons. The van der Waals surface area contributed by atoms with Crippen LogP contribution in [0.25, 0.3) is 0 Å². The highest BCUT2D eigenvalue weighted by Gasteiger charge is 2.08. The zero-order chi connectivity index (χ0) is 13.0. The van der Waals surface area contributed by atoms with Crippen molar-refractivity contribution in [2.24, 2.45) is 0 Å². The topological polar surface area (TPSA) is 75.6 Å². The van der Waals surface area contributed by atoms with E-state index in [4.69, 9.17) is 11.6 Å². The van der Waals surface area contributed by atoms with Crippen LogP contribution in [0.5, 0.6) is 0 Å². The molecule has 2 aromatic heterocycles. The molecule has 0 aromatic carbocycles. The first-order valence-corrected chi connectivity index (χ1v) is 5.68. The standard InChI is InChI=1S/C11H12ClN5O/c1-2-3-17-11(18)10(12)9(7-16-17)13-4-8-5-14-15-6-8/h2,5-7,13H,1,3-4H2,(H,14,15). The summed E-state index contributed by atoms with van der Waals surface area (Å²) in [5.74, 6) is 0. The SMILES string of the molecule is C=CCn1ncc(NCc2cn[nH]c2)c(Cl)c1=O. The summed E-state index contributed by atoms with van der Waals surface area (Å²) in [5, 5.41) is 13.7. The van der Waals surface area contributed by atoms with Crippen LogP contribution in [0, 0.1) is 0 Å². The van der Waals surface area contributed by atoms with Crippen LogP contribution in [0.1, 0.15) is 5.56 Å². The Morgan fingerprint density at radius 2 is 2.39 bits per heavy atom. The van der Waals surface area contributed by atoms with Crippen molar-refractivity contribution < 1.29 is 0 Å². The summed E-state index contributed by atoms with van der Waals surface area (Å²) < 4.78 is 1.25. The second kappa shape index (κ2) is 5.50. The number of allylic oxidation sites excluding steroid dienone is 1. The van der Waals surface area contributed by atoms with Gasteiger partial charge in [0.1, 0.15) is 5.02 Å². The van der Waals surface area contributed by atoms with Crippen LogP contribution >= 0.6 is 11.6 Å². The Labute approximate surface area is 108 Å². The zero-order valence-corrected chi connectivity index (χ0v) is 10.3. The maximum atomic E-state index is 11.8. The molecule has 0 unspecified atom stereocenters. The molecule has 0 aliphatic heterocycles. The maximum Gasteiger partial charge on any atom is 0.287 e. The Morgan fingerprint density at radius 3 is 3.06 bits per heavy atom. The number of hydrogen-bond donors (Lipinski definition) is 2. The highest BCUT2D eigenvalue weighted by atomic mass is 35.5. The Kier molecular flexibility index (Phi) is 3.78. The lowest BCUT2D eigenvalue weighted by Gasteiger charge is -2.08. The van der Waals surface area contributed by atoms with E-state index in [-0.39, 0.29) is 10.6 Å². The first-order valence-electron chi connectivity index (χ1n) is 5.30. The first-order chi connectivity index (χ1) is 8.72. The molecule has 7 heteroatoms. The van der Waals surface area contributed by atoms with E-state index >= 15 is 0 Å². The van der Waals surface area contributed by atoms with Crippen LogP contribution in [0.4, 0.5) is 5.69 Å². The van der Waals surface area contributed by atoms with E-state index in [0.29, 0.717) is 18.8 Å². The van der Waals surface area contributed by atoms with Crippen LogP contribution in [0.3, 0.4) is 0 Å². The zero-order valence-electron chi connectivity index (χ0n) is 9.56. The maximum absolute atomic E-state index is 11.8. The third-order valence-electron chi connectivity index (χ3n) is 2.32. The first kappa shape index (κ1) is 12.4. The monoisotopic (exact) mass is 265 g/mol. The van der Waals surface area contributed by atoms with E-state index in [0.717, 1.165) is 5.56 Å². The van der Waals surface area contributed by atoms with Crippen molar-refractivity contribution in [3.8, 4) is 0 Å². The summed E-state index contributed by atoms with van der Waals surface area (Å²) in [4.78, 5) is 11.8. The van der Waals surface area contributed by atoms with E-state index < -0.39 is 0 Å². The van der Waals surface area contributed by atoms with Crippen LogP contribution in [-0.2, 0) is 13.1 Å². The van der Waals surface area contributed by atoms with E-state index in [1.54, 1.807) is 18.5 Å². The number of H-pyrrole nitrogens is 1. The fourth-order valence-corrected chi connectivity index (χ4v) is 1.63. The second-order valence-corrected chi connectivity index (χ2v) is 3.99. The van der Waals surface area contributed by atoms with Crippen LogP contribution in [0.15, 0.2) is 36.0 Å². The third kappa shape index (κ3) is 2.60. The molecule has 2 N–H and O–H groups in total. The van der Waals surface area contributed by atoms with Crippen molar-refractivity contribution in [2.45, 2.75) is 13.1 Å². The molecule has 94 valence electrons. The predicted octanol–water partition coefficient (Wildman–Crippen LogP) is 1.42. The fourth-order valence-electron chi connectivity index (χ4n) is 1.41. The lowest BCUT2D eigenvalue weighted by molar-refractivity contribution is 0.653. The van der Waals surface area contributed by atoms with Gasteiger partial charge in [-0.05, 0) is 0 Å². The van der Waals surface area contributed by atoms with E-state index in [1.807, 2.05) is 0 Å². The highest BCUT2D eigenvalue weighted by molar-refractivity contribution is 6.32. The van der Waals surface area contributed by atoms with E-state index in [9.17, 15) is 4.79 Å². The van der Waals surface area contributed by atoms with Crippen molar-refractivity contribution >= 4 is 17.3 Å². The van der Waals surface area contributed by atoms with Gasteiger partial charge in [0, 0.05) is 18.3 Å². The smallest absolute Gasteiger partial charge is 0.287 e. The quantitative estimate of drug-likeness (QED) is 0.802. The van der Waals surface area contributed by atoms with E-state index in [2.05, 4.69) is 27.2 Å². The molecular weight excluding hydrogens is 254 g/mol. The van der Waals surface area contributed by atoms with Gasteiger partial charge < -0.3 is 5.32 Å². The Balaban J connectivity index is 2.16. The molecule has 0 fully saturated rings. The summed E-state index contributed by atoms with van der Waals surface area (Å²) in [7, 11) is 0. The molecule has 2 heterocycles. The molecule has 18 heavy (non-hydrogen) atoms. The summed E-state index contributed by atoms with van der Waals surface area (Å²) in [5.41, 5.74) is 1.12. The van der Waals surface area contributed by atoms with Gasteiger partial charge in [-0.15, -0.1) is 6.58 Å². The number of nitrogens with zero attached hydrogens (tertiary/aromatic N) is 3. The van der Waals surface area contributed by atoms with Crippen LogP contribution in [0.2, 0.25) is 5.02 Å². The molecule has 0 aliphatic rings. The lowest BCUT2D eigenvalue weighted by atomic mass is 10.3. The second-order valence-electron chi connectivity index (χ2n) is 3.61. The Morgan fingerprint density at radius 1 is 1.56 bits per heavy atom. The van der Waals surface area contributed by atoms with E-state index in [1.165, 1.54) is 10.9 Å². The third-order valence-corrected chi connectivity index (χ3v) is 2.69. The van der Waals surface area contributed by atoms with Gasteiger partial charge in [0.2, 0.25) is 0 Å². The minimum atomic E-state index is -0.339. The summed E-state index contributed by atoms with van der Waals surface area (Å²) in [6.45, 7) is 4.40. The van der Waals surface area contributed by atoms with Crippen molar-refractivity contribution in [1.82, 2.24) is 20.0 Å². The Bertz CT molecular complexity index is 590. The molecule has 0 bridgehead atoms. The minimum Gasteiger partial charge on any atom is -0.378 e. The van der Waals surface area contributed by atoms with Crippen LogP contribution in [-0.4, -0.2) is 20.0 Å². The lowest BCUT2D eigenvalue weighted by Crippen LogP contribution is -2.23. The number of halogens is 1. The van der Waals surface area contributed by atoms with Gasteiger partial charge in [-0.25, -0.2) is 4.68 Å². The van der Waals surface area contributed by atoms with Crippen molar-refractivity contribution in [1.29, 1.82) is 0 Å². The van der Waals surface area contributed by atoms with Gasteiger partial charge in [-0.1, -0.05) is 17.7 Å². The molecule has 0 atom stereocenters. The normalized spacial score (nSPS) is 10.3. The predicted molar refractivity (Wildman–Crippen MR) is 69.6 cm³/mol. The van der Waals surface area contributed by atoms with Crippen LogP contribution < -0.4 is 10.9 Å².